The summed E-state index contributed by atoms with van der Waals surface area (Å²) in [5, 5.41) is 25.8. The average Bonchev–Trinajstić information content (AvgIpc) is 3.22. The number of hydrogen-bond acceptors (Lipinski definition) is 6. The van der Waals surface area contributed by atoms with Crippen molar-refractivity contribution >= 4 is 23.0 Å². The first kappa shape index (κ1) is 17.7. The third kappa shape index (κ3) is 4.29. The number of nitriles is 1. The number of furan rings is 1. The molecule has 0 radical (unpaired) electrons. The Hall–Kier alpha value is -4.12. The number of hydrogen-bond donors (Lipinski definition) is 2. The molecule has 0 aliphatic rings. The maximum atomic E-state index is 11.9. The fraction of sp³-hybridized carbons (Fsp3) is 0.0526. The Bertz CT molecular complexity index is 1010. The molecule has 0 aliphatic carbocycles. The Morgan fingerprint density at radius 3 is 2.59 bits per heavy atom. The molecule has 134 valence electrons. The lowest BCUT2D eigenvalue weighted by Gasteiger charge is -2.09. The highest BCUT2D eigenvalue weighted by Crippen LogP contribution is 2.26. The predicted octanol–water partition coefficient (Wildman–Crippen LogP) is 3.92. The van der Waals surface area contributed by atoms with Gasteiger partial charge in [0.15, 0.2) is 5.76 Å². The summed E-state index contributed by atoms with van der Waals surface area (Å²) in [4.78, 5) is 22.5. The minimum atomic E-state index is -0.503. The molecule has 0 saturated carbocycles. The van der Waals surface area contributed by atoms with Crippen molar-refractivity contribution in [2.24, 2.45) is 0 Å². The first-order valence-corrected chi connectivity index (χ1v) is 7.93. The van der Waals surface area contributed by atoms with Crippen molar-refractivity contribution in [3.8, 4) is 6.07 Å². The van der Waals surface area contributed by atoms with E-state index >= 15 is 0 Å². The second-order valence-electron chi connectivity index (χ2n) is 5.58. The van der Waals surface area contributed by atoms with E-state index in [0.29, 0.717) is 17.8 Å². The van der Waals surface area contributed by atoms with E-state index in [0.717, 1.165) is 5.56 Å². The third-order valence-electron chi connectivity index (χ3n) is 3.76. The summed E-state index contributed by atoms with van der Waals surface area (Å²) in [6.45, 7) is 0.322. The number of nitrogens with one attached hydrogen (secondary N) is 2. The molecule has 3 aromatic rings. The monoisotopic (exact) mass is 362 g/mol. The van der Waals surface area contributed by atoms with Gasteiger partial charge in [-0.15, -0.1) is 0 Å². The number of nitro benzene ring substituents is 1. The minimum absolute atomic E-state index is 0.101. The zero-order chi connectivity index (χ0) is 19.2. The molecule has 3 rings (SSSR count). The number of carbonyl (C=O) groups is 1. The van der Waals surface area contributed by atoms with E-state index in [4.69, 9.17) is 9.68 Å². The van der Waals surface area contributed by atoms with Crippen molar-refractivity contribution in [2.75, 3.05) is 10.6 Å². The molecule has 0 aliphatic heterocycles. The number of nitro groups is 1. The van der Waals surface area contributed by atoms with Crippen molar-refractivity contribution in [2.45, 2.75) is 6.54 Å². The Balaban J connectivity index is 1.66. The van der Waals surface area contributed by atoms with Crippen LogP contribution in [0.3, 0.4) is 0 Å². The van der Waals surface area contributed by atoms with E-state index in [-0.39, 0.29) is 23.0 Å². The van der Waals surface area contributed by atoms with Gasteiger partial charge in [0.25, 0.3) is 11.6 Å². The molecular formula is C19H14N4O4. The Morgan fingerprint density at radius 2 is 1.96 bits per heavy atom. The quantitative estimate of drug-likeness (QED) is 0.506. The molecule has 0 fully saturated rings. The molecule has 27 heavy (non-hydrogen) atoms. The second-order valence-corrected chi connectivity index (χ2v) is 5.58. The molecule has 1 heterocycles. The molecule has 0 unspecified atom stereocenters. The number of rotatable bonds is 6. The summed E-state index contributed by atoms with van der Waals surface area (Å²) < 4.78 is 5.03. The fourth-order valence-electron chi connectivity index (χ4n) is 2.41. The van der Waals surface area contributed by atoms with Gasteiger partial charge in [0.1, 0.15) is 5.69 Å². The maximum Gasteiger partial charge on any atom is 0.292 e. The van der Waals surface area contributed by atoms with E-state index in [1.54, 1.807) is 36.4 Å². The summed E-state index contributed by atoms with van der Waals surface area (Å²) in [5.74, 6) is -0.139. The molecule has 0 bridgehead atoms. The molecule has 8 nitrogen and oxygen atoms in total. The Morgan fingerprint density at radius 1 is 1.19 bits per heavy atom. The van der Waals surface area contributed by atoms with Crippen LogP contribution in [0.25, 0.3) is 0 Å². The molecule has 0 saturated heterocycles. The maximum absolute atomic E-state index is 11.9. The zero-order valence-electron chi connectivity index (χ0n) is 14.0. The number of benzene rings is 2. The summed E-state index contributed by atoms with van der Waals surface area (Å²) >= 11 is 0. The number of amides is 1. The van der Waals surface area contributed by atoms with Gasteiger partial charge in [0.05, 0.1) is 22.8 Å². The molecule has 0 spiro atoms. The van der Waals surface area contributed by atoms with Crippen LogP contribution in [-0.4, -0.2) is 10.8 Å². The van der Waals surface area contributed by atoms with Crippen molar-refractivity contribution in [3.05, 3.63) is 87.9 Å². The van der Waals surface area contributed by atoms with Gasteiger partial charge in [0.2, 0.25) is 0 Å². The third-order valence-corrected chi connectivity index (χ3v) is 3.76. The molecule has 1 amide bonds. The summed E-state index contributed by atoms with van der Waals surface area (Å²) in [6, 6.07) is 16.3. The van der Waals surface area contributed by atoms with Crippen molar-refractivity contribution in [1.82, 2.24) is 0 Å². The van der Waals surface area contributed by atoms with Crippen LogP contribution in [0.15, 0.2) is 65.3 Å². The van der Waals surface area contributed by atoms with Crippen LogP contribution in [0.2, 0.25) is 0 Å². The largest absolute Gasteiger partial charge is 0.459 e. The van der Waals surface area contributed by atoms with E-state index in [1.807, 2.05) is 6.07 Å². The molecule has 8 heteroatoms. The van der Waals surface area contributed by atoms with Crippen LogP contribution < -0.4 is 10.6 Å². The normalized spacial score (nSPS) is 10.0. The van der Waals surface area contributed by atoms with Crippen LogP contribution >= 0.6 is 0 Å². The van der Waals surface area contributed by atoms with Gasteiger partial charge in [-0.2, -0.15) is 5.26 Å². The molecule has 0 atom stereocenters. The van der Waals surface area contributed by atoms with Crippen LogP contribution in [0, 0.1) is 21.4 Å². The molecule has 2 N–H and O–H groups in total. The van der Waals surface area contributed by atoms with Crippen LogP contribution in [0.4, 0.5) is 17.1 Å². The van der Waals surface area contributed by atoms with E-state index < -0.39 is 4.92 Å². The van der Waals surface area contributed by atoms with E-state index in [1.165, 1.54) is 24.5 Å². The highest BCUT2D eigenvalue weighted by atomic mass is 16.6. The highest BCUT2D eigenvalue weighted by molar-refractivity contribution is 6.02. The average molecular weight is 362 g/mol. The first-order valence-electron chi connectivity index (χ1n) is 7.93. The van der Waals surface area contributed by atoms with E-state index in [9.17, 15) is 14.9 Å². The highest BCUT2D eigenvalue weighted by Gasteiger charge is 2.14. The lowest BCUT2D eigenvalue weighted by Crippen LogP contribution is -2.10. The van der Waals surface area contributed by atoms with Gasteiger partial charge in [-0.3, -0.25) is 14.9 Å². The fourth-order valence-corrected chi connectivity index (χ4v) is 2.41. The van der Waals surface area contributed by atoms with Crippen LogP contribution in [0.1, 0.15) is 21.7 Å². The van der Waals surface area contributed by atoms with Gasteiger partial charge in [-0.05, 0) is 42.0 Å². The molecular weight excluding hydrogens is 348 g/mol. The number of carbonyl (C=O) groups excluding carboxylic acids is 1. The number of nitrogens with zero attached hydrogens (tertiary/aromatic N) is 2. The topological polar surface area (TPSA) is 121 Å². The van der Waals surface area contributed by atoms with Crippen LogP contribution in [-0.2, 0) is 6.54 Å². The van der Waals surface area contributed by atoms with Gasteiger partial charge in [0, 0.05) is 18.3 Å². The van der Waals surface area contributed by atoms with Crippen molar-refractivity contribution in [1.29, 1.82) is 5.26 Å². The standard InChI is InChI=1S/C19H14N4O4/c20-11-14-5-8-17(23(25)26)16(10-14)21-12-13-3-6-15(7-4-13)22-19(24)18-2-1-9-27-18/h1-10,21H,12H2,(H,22,24). The van der Waals surface area contributed by atoms with Crippen LogP contribution in [0.5, 0.6) is 0 Å². The second kappa shape index (κ2) is 7.84. The minimum Gasteiger partial charge on any atom is -0.459 e. The Kier molecular flexibility index (Phi) is 5.14. The van der Waals surface area contributed by atoms with Gasteiger partial charge in [-0.25, -0.2) is 0 Å². The lowest BCUT2D eigenvalue weighted by atomic mass is 10.1. The summed E-state index contributed by atoms with van der Waals surface area (Å²) in [5.41, 5.74) is 1.95. The Labute approximate surface area is 154 Å². The van der Waals surface area contributed by atoms with Gasteiger partial charge < -0.3 is 15.1 Å². The van der Waals surface area contributed by atoms with Gasteiger partial charge in [-0.1, -0.05) is 12.1 Å². The zero-order valence-corrected chi connectivity index (χ0v) is 14.0. The van der Waals surface area contributed by atoms with Crippen molar-refractivity contribution in [3.63, 3.8) is 0 Å². The predicted molar refractivity (Wildman–Crippen MR) is 98.2 cm³/mol. The first-order chi connectivity index (χ1) is 13.1. The summed E-state index contributed by atoms with van der Waals surface area (Å²) in [7, 11) is 0. The summed E-state index contributed by atoms with van der Waals surface area (Å²) in [6.07, 6.45) is 1.42. The van der Waals surface area contributed by atoms with Crippen molar-refractivity contribution < 1.29 is 14.1 Å². The molecule has 2 aromatic carbocycles. The smallest absolute Gasteiger partial charge is 0.292 e. The van der Waals surface area contributed by atoms with Gasteiger partial charge >= 0.3 is 0 Å². The van der Waals surface area contributed by atoms with E-state index in [2.05, 4.69) is 10.6 Å². The number of anilines is 2. The SMILES string of the molecule is N#Cc1ccc([N+](=O)[O-])c(NCc2ccc(NC(=O)c3ccco3)cc2)c1. The molecule has 1 aromatic heterocycles. The lowest BCUT2D eigenvalue weighted by molar-refractivity contribution is -0.384.